The van der Waals surface area contributed by atoms with Crippen LogP contribution in [0.4, 0.5) is 8.78 Å². The lowest BCUT2D eigenvalue weighted by molar-refractivity contribution is 0.532. The molecule has 2 rings (SSSR count). The molecule has 7 heteroatoms. The van der Waals surface area contributed by atoms with Gasteiger partial charge in [-0.15, -0.1) is 0 Å². The van der Waals surface area contributed by atoms with Crippen LogP contribution in [0.15, 0.2) is 23.1 Å². The molecule has 1 atom stereocenters. The maximum absolute atomic E-state index is 13.4. The molecule has 0 aromatic heterocycles. The fraction of sp³-hybridized carbons (Fsp3) is 0.455. The number of halogens is 2. The highest BCUT2D eigenvalue weighted by Crippen LogP contribution is 2.15. The van der Waals surface area contributed by atoms with Crippen LogP contribution in [-0.2, 0) is 10.0 Å². The van der Waals surface area contributed by atoms with Crippen molar-refractivity contribution in [2.24, 2.45) is 0 Å². The summed E-state index contributed by atoms with van der Waals surface area (Å²) < 4.78 is 52.2. The molecule has 1 saturated heterocycles. The molecule has 0 radical (unpaired) electrons. The molecule has 100 valence electrons. The summed E-state index contributed by atoms with van der Waals surface area (Å²) in [4.78, 5) is -0.652. The Morgan fingerprint density at radius 2 is 2.17 bits per heavy atom. The minimum absolute atomic E-state index is 0.0522. The Morgan fingerprint density at radius 3 is 2.83 bits per heavy atom. The van der Waals surface area contributed by atoms with E-state index in [2.05, 4.69) is 10.0 Å². The zero-order valence-corrected chi connectivity index (χ0v) is 10.4. The van der Waals surface area contributed by atoms with Crippen LogP contribution in [0.2, 0.25) is 0 Å². The van der Waals surface area contributed by atoms with E-state index in [9.17, 15) is 17.2 Å². The zero-order valence-electron chi connectivity index (χ0n) is 9.62. The molecule has 1 heterocycles. The van der Waals surface area contributed by atoms with E-state index in [1.54, 1.807) is 0 Å². The Morgan fingerprint density at radius 1 is 1.39 bits per heavy atom. The highest BCUT2D eigenvalue weighted by molar-refractivity contribution is 7.89. The van der Waals surface area contributed by atoms with Crippen molar-refractivity contribution in [1.82, 2.24) is 10.0 Å². The van der Waals surface area contributed by atoms with E-state index in [1.807, 2.05) is 0 Å². The Hall–Kier alpha value is -1.05. The Kier molecular flexibility index (Phi) is 3.94. The lowest BCUT2D eigenvalue weighted by Crippen LogP contribution is -2.37. The van der Waals surface area contributed by atoms with E-state index >= 15 is 0 Å². The number of rotatable bonds is 4. The van der Waals surface area contributed by atoms with Gasteiger partial charge < -0.3 is 5.32 Å². The van der Waals surface area contributed by atoms with E-state index in [-0.39, 0.29) is 12.6 Å². The van der Waals surface area contributed by atoms with Gasteiger partial charge in [0, 0.05) is 12.6 Å². The first-order valence-electron chi connectivity index (χ1n) is 5.67. The fourth-order valence-electron chi connectivity index (χ4n) is 1.90. The summed E-state index contributed by atoms with van der Waals surface area (Å²) in [6, 6.07) is 2.42. The molecule has 18 heavy (non-hydrogen) atoms. The van der Waals surface area contributed by atoms with Gasteiger partial charge in [-0.25, -0.2) is 21.9 Å². The van der Waals surface area contributed by atoms with Crippen molar-refractivity contribution in [3.05, 3.63) is 29.8 Å². The molecular weight excluding hydrogens is 262 g/mol. The summed E-state index contributed by atoms with van der Waals surface area (Å²) in [5, 5.41) is 3.11. The maximum atomic E-state index is 13.4. The molecule has 1 aromatic rings. The van der Waals surface area contributed by atoms with E-state index in [4.69, 9.17) is 0 Å². The molecule has 0 saturated carbocycles. The van der Waals surface area contributed by atoms with Crippen molar-refractivity contribution in [2.75, 3.05) is 13.1 Å². The van der Waals surface area contributed by atoms with Gasteiger partial charge in [0.2, 0.25) is 10.0 Å². The first-order valence-corrected chi connectivity index (χ1v) is 7.15. The molecule has 2 N–H and O–H groups in total. The first-order chi connectivity index (χ1) is 8.49. The quantitative estimate of drug-likeness (QED) is 0.862. The van der Waals surface area contributed by atoms with Crippen LogP contribution in [-0.4, -0.2) is 27.5 Å². The van der Waals surface area contributed by atoms with E-state index in [0.29, 0.717) is 6.07 Å². The van der Waals surface area contributed by atoms with Crippen molar-refractivity contribution < 1.29 is 17.2 Å². The van der Waals surface area contributed by atoms with Crippen molar-refractivity contribution in [3.8, 4) is 0 Å². The summed E-state index contributed by atoms with van der Waals surface area (Å²) >= 11 is 0. The van der Waals surface area contributed by atoms with Crippen molar-refractivity contribution in [3.63, 3.8) is 0 Å². The minimum Gasteiger partial charge on any atom is -0.313 e. The van der Waals surface area contributed by atoms with E-state index in [0.717, 1.165) is 31.5 Å². The van der Waals surface area contributed by atoms with Crippen molar-refractivity contribution in [2.45, 2.75) is 23.8 Å². The van der Waals surface area contributed by atoms with Gasteiger partial charge in [-0.3, -0.25) is 0 Å². The van der Waals surface area contributed by atoms with Crippen LogP contribution in [0.1, 0.15) is 12.8 Å². The van der Waals surface area contributed by atoms with E-state index in [1.165, 1.54) is 0 Å². The molecule has 0 aliphatic carbocycles. The van der Waals surface area contributed by atoms with Gasteiger partial charge >= 0.3 is 0 Å². The number of sulfonamides is 1. The largest absolute Gasteiger partial charge is 0.313 e. The monoisotopic (exact) mass is 276 g/mol. The highest BCUT2D eigenvalue weighted by atomic mass is 32.2. The standard InChI is InChI=1S/C11H14F2N2O2S/c12-8-3-4-10(13)11(6-8)18(16,17)15-7-9-2-1-5-14-9/h3-4,6,9,14-15H,1-2,5,7H2. The van der Waals surface area contributed by atoms with Gasteiger partial charge in [0.15, 0.2) is 0 Å². The summed E-state index contributed by atoms with van der Waals surface area (Å²) in [5.41, 5.74) is 0. The molecule has 1 aliphatic rings. The molecule has 1 unspecified atom stereocenters. The average molecular weight is 276 g/mol. The van der Waals surface area contributed by atoms with Crippen LogP contribution in [0, 0.1) is 11.6 Å². The van der Waals surface area contributed by atoms with Gasteiger partial charge in [-0.05, 0) is 37.6 Å². The summed E-state index contributed by atoms with van der Waals surface area (Å²) in [5.74, 6) is -1.74. The normalized spacial score (nSPS) is 20.2. The van der Waals surface area contributed by atoms with Crippen molar-refractivity contribution in [1.29, 1.82) is 0 Å². The van der Waals surface area contributed by atoms with Crippen LogP contribution >= 0.6 is 0 Å². The Bertz CT molecular complexity index is 528. The second kappa shape index (κ2) is 5.29. The third-order valence-corrected chi connectivity index (χ3v) is 4.30. The molecule has 0 spiro atoms. The maximum Gasteiger partial charge on any atom is 0.243 e. The van der Waals surface area contributed by atoms with Gasteiger partial charge in [0.1, 0.15) is 16.5 Å². The SMILES string of the molecule is O=S(=O)(NCC1CCCN1)c1cc(F)ccc1F. The fourth-order valence-corrected chi connectivity index (χ4v) is 3.07. The van der Waals surface area contributed by atoms with Crippen molar-refractivity contribution >= 4 is 10.0 Å². The van der Waals surface area contributed by atoms with Gasteiger partial charge in [-0.1, -0.05) is 0 Å². The number of hydrogen-bond donors (Lipinski definition) is 2. The van der Waals surface area contributed by atoms with Crippen LogP contribution in [0.5, 0.6) is 0 Å². The van der Waals surface area contributed by atoms with E-state index < -0.39 is 26.6 Å². The average Bonchev–Trinajstić information content (AvgIpc) is 2.83. The third-order valence-electron chi connectivity index (χ3n) is 2.86. The predicted octanol–water partition coefficient (Wildman–Crippen LogP) is 0.995. The predicted molar refractivity (Wildman–Crippen MR) is 62.6 cm³/mol. The third kappa shape index (κ3) is 3.04. The number of nitrogens with one attached hydrogen (secondary N) is 2. The summed E-state index contributed by atoms with van der Waals surface area (Å²) in [7, 11) is -4.01. The summed E-state index contributed by atoms with van der Waals surface area (Å²) in [6.45, 7) is 1.03. The minimum atomic E-state index is -4.01. The molecule has 0 bridgehead atoms. The lowest BCUT2D eigenvalue weighted by atomic mass is 10.2. The van der Waals surface area contributed by atoms with Crippen LogP contribution in [0.25, 0.3) is 0 Å². The second-order valence-electron chi connectivity index (χ2n) is 4.22. The molecule has 1 fully saturated rings. The Labute approximate surface area is 104 Å². The van der Waals surface area contributed by atoms with Crippen LogP contribution in [0.3, 0.4) is 0 Å². The molecular formula is C11H14F2N2O2S. The number of benzene rings is 1. The van der Waals surface area contributed by atoms with Gasteiger partial charge in [-0.2, -0.15) is 0 Å². The van der Waals surface area contributed by atoms with Gasteiger partial charge in [0.05, 0.1) is 0 Å². The second-order valence-corrected chi connectivity index (χ2v) is 5.96. The molecule has 0 amide bonds. The smallest absolute Gasteiger partial charge is 0.243 e. The van der Waals surface area contributed by atoms with Crippen LogP contribution < -0.4 is 10.0 Å². The molecule has 1 aliphatic heterocycles. The van der Waals surface area contributed by atoms with Gasteiger partial charge in [0.25, 0.3) is 0 Å². The molecule has 1 aromatic carbocycles. The first kappa shape index (κ1) is 13.4. The zero-order chi connectivity index (χ0) is 13.2. The molecule has 4 nitrogen and oxygen atoms in total. The topological polar surface area (TPSA) is 58.2 Å². The lowest BCUT2D eigenvalue weighted by Gasteiger charge is -2.12. The highest BCUT2D eigenvalue weighted by Gasteiger charge is 2.22. The Balaban J connectivity index is 2.12. The number of hydrogen-bond acceptors (Lipinski definition) is 3. The summed E-state index contributed by atoms with van der Waals surface area (Å²) in [6.07, 6.45) is 1.86.